The first-order valence-electron chi connectivity index (χ1n) is 7.88. The van der Waals surface area contributed by atoms with E-state index >= 15 is 0 Å². The van der Waals surface area contributed by atoms with Gasteiger partial charge in [0.1, 0.15) is 5.75 Å². The van der Waals surface area contributed by atoms with Gasteiger partial charge in [-0.3, -0.25) is 4.99 Å². The van der Waals surface area contributed by atoms with Crippen LogP contribution >= 0.6 is 24.0 Å². The lowest BCUT2D eigenvalue weighted by atomic mass is 10.0. The minimum Gasteiger partial charge on any atom is -0.497 e. The third-order valence-electron chi connectivity index (χ3n) is 3.67. The summed E-state index contributed by atoms with van der Waals surface area (Å²) >= 11 is 0. The number of nitrogens with zero attached hydrogens (tertiary/aromatic N) is 1. The average molecular weight is 439 g/mol. The van der Waals surface area contributed by atoms with Crippen molar-refractivity contribution < 1.29 is 4.74 Å². The van der Waals surface area contributed by atoms with E-state index in [-0.39, 0.29) is 24.0 Å². The first kappa shape index (κ1) is 20.3. The number of guanidine groups is 1. The zero-order valence-corrected chi connectivity index (χ0v) is 16.8. The molecule has 0 saturated carbocycles. The first-order valence-corrected chi connectivity index (χ1v) is 7.88. The van der Waals surface area contributed by atoms with Crippen LogP contribution in [0.4, 0.5) is 5.69 Å². The number of ether oxygens (including phenoxy) is 1. The van der Waals surface area contributed by atoms with Crippen LogP contribution in [0.15, 0.2) is 53.5 Å². The van der Waals surface area contributed by atoms with E-state index in [4.69, 9.17) is 10.5 Å². The fourth-order valence-electron chi connectivity index (χ4n) is 2.26. The molecule has 0 aliphatic rings. The SMILES string of the molecule is COc1ccc(CCN=C(N)Nc2cccc(C(C)C)c2)cc1.I. The number of hydrogen-bond acceptors (Lipinski definition) is 2. The average Bonchev–Trinajstić information content (AvgIpc) is 2.55. The van der Waals surface area contributed by atoms with Crippen molar-refractivity contribution in [3.05, 3.63) is 59.7 Å². The molecule has 0 aliphatic carbocycles. The van der Waals surface area contributed by atoms with Crippen LogP contribution in [0.1, 0.15) is 30.9 Å². The van der Waals surface area contributed by atoms with Gasteiger partial charge >= 0.3 is 0 Å². The minimum atomic E-state index is 0. The maximum atomic E-state index is 5.96. The molecule has 2 aromatic rings. The van der Waals surface area contributed by atoms with E-state index in [2.05, 4.69) is 36.3 Å². The molecule has 0 fully saturated rings. The summed E-state index contributed by atoms with van der Waals surface area (Å²) in [6, 6.07) is 16.3. The molecule has 0 unspecified atom stereocenters. The van der Waals surface area contributed by atoms with Crippen LogP contribution in [-0.2, 0) is 6.42 Å². The second-order valence-electron chi connectivity index (χ2n) is 5.77. The summed E-state index contributed by atoms with van der Waals surface area (Å²) in [5.74, 6) is 1.80. The van der Waals surface area contributed by atoms with Crippen molar-refractivity contribution in [3.8, 4) is 5.75 Å². The smallest absolute Gasteiger partial charge is 0.193 e. The standard InChI is InChI=1S/C19H25N3O.HI/c1-14(2)16-5-4-6-17(13-16)22-19(20)21-12-11-15-7-9-18(23-3)10-8-15;/h4-10,13-14H,11-12H2,1-3H3,(H3,20,21,22);1H. The topological polar surface area (TPSA) is 59.6 Å². The van der Waals surface area contributed by atoms with Gasteiger partial charge in [0.05, 0.1) is 7.11 Å². The molecule has 4 nitrogen and oxygen atoms in total. The molecule has 0 atom stereocenters. The lowest BCUT2D eigenvalue weighted by Gasteiger charge is -2.10. The zero-order valence-electron chi connectivity index (χ0n) is 14.5. The van der Waals surface area contributed by atoms with Crippen LogP contribution in [0.5, 0.6) is 5.75 Å². The summed E-state index contributed by atoms with van der Waals surface area (Å²) in [5.41, 5.74) is 9.43. The molecule has 130 valence electrons. The Morgan fingerprint density at radius 2 is 1.88 bits per heavy atom. The molecular formula is C19H26IN3O. The van der Waals surface area contributed by atoms with Gasteiger partial charge in [-0.25, -0.2) is 0 Å². The fraction of sp³-hybridized carbons (Fsp3) is 0.316. The third kappa shape index (κ3) is 6.39. The number of hydrogen-bond donors (Lipinski definition) is 2. The van der Waals surface area contributed by atoms with E-state index < -0.39 is 0 Å². The highest BCUT2D eigenvalue weighted by atomic mass is 127. The van der Waals surface area contributed by atoms with E-state index in [9.17, 15) is 0 Å². The Morgan fingerprint density at radius 3 is 2.50 bits per heavy atom. The van der Waals surface area contributed by atoms with Gasteiger partial charge in [-0.15, -0.1) is 24.0 Å². The van der Waals surface area contributed by atoms with Crippen molar-refractivity contribution in [3.63, 3.8) is 0 Å². The van der Waals surface area contributed by atoms with Gasteiger partial charge in [0.25, 0.3) is 0 Å². The van der Waals surface area contributed by atoms with Crippen molar-refractivity contribution in [2.75, 3.05) is 19.0 Å². The summed E-state index contributed by atoms with van der Waals surface area (Å²) in [6.07, 6.45) is 0.846. The Morgan fingerprint density at radius 1 is 1.17 bits per heavy atom. The normalized spacial score (nSPS) is 11.1. The van der Waals surface area contributed by atoms with Gasteiger partial charge in [-0.2, -0.15) is 0 Å². The van der Waals surface area contributed by atoms with Gasteiger partial charge < -0.3 is 15.8 Å². The molecule has 24 heavy (non-hydrogen) atoms. The van der Waals surface area contributed by atoms with Gasteiger partial charge in [0.15, 0.2) is 5.96 Å². The van der Waals surface area contributed by atoms with Crippen LogP contribution in [0.25, 0.3) is 0 Å². The minimum absolute atomic E-state index is 0. The highest BCUT2D eigenvalue weighted by Crippen LogP contribution is 2.18. The van der Waals surface area contributed by atoms with Crippen molar-refractivity contribution >= 4 is 35.6 Å². The van der Waals surface area contributed by atoms with Gasteiger partial charge in [-0.05, 0) is 47.7 Å². The summed E-state index contributed by atoms with van der Waals surface area (Å²) in [6.45, 7) is 4.99. The Labute approximate surface area is 161 Å². The Bertz CT molecular complexity index is 654. The lowest BCUT2D eigenvalue weighted by molar-refractivity contribution is 0.414. The molecule has 0 heterocycles. The van der Waals surface area contributed by atoms with E-state index in [1.807, 2.05) is 36.4 Å². The number of benzene rings is 2. The lowest BCUT2D eigenvalue weighted by Crippen LogP contribution is -2.23. The van der Waals surface area contributed by atoms with E-state index in [0.717, 1.165) is 17.9 Å². The summed E-state index contributed by atoms with van der Waals surface area (Å²) in [4.78, 5) is 4.38. The molecule has 5 heteroatoms. The fourth-order valence-corrected chi connectivity index (χ4v) is 2.26. The monoisotopic (exact) mass is 439 g/mol. The van der Waals surface area contributed by atoms with Crippen LogP contribution in [0, 0.1) is 0 Å². The molecule has 0 amide bonds. The van der Waals surface area contributed by atoms with Crippen LogP contribution in [-0.4, -0.2) is 19.6 Å². The quantitative estimate of drug-likeness (QED) is 0.399. The molecule has 0 spiro atoms. The molecule has 2 rings (SSSR count). The van der Waals surface area contributed by atoms with E-state index in [1.165, 1.54) is 11.1 Å². The second kappa shape index (κ2) is 10.2. The zero-order chi connectivity index (χ0) is 16.7. The highest BCUT2D eigenvalue weighted by molar-refractivity contribution is 14.0. The third-order valence-corrected chi connectivity index (χ3v) is 3.67. The van der Waals surface area contributed by atoms with Crippen LogP contribution in [0.2, 0.25) is 0 Å². The molecule has 3 N–H and O–H groups in total. The van der Waals surface area contributed by atoms with Crippen molar-refractivity contribution in [2.45, 2.75) is 26.2 Å². The predicted octanol–water partition coefficient (Wildman–Crippen LogP) is 4.41. The van der Waals surface area contributed by atoms with Crippen molar-refractivity contribution in [1.29, 1.82) is 0 Å². The molecule has 0 bridgehead atoms. The Kier molecular flexibility index (Phi) is 8.60. The van der Waals surface area contributed by atoms with Crippen molar-refractivity contribution in [2.24, 2.45) is 10.7 Å². The van der Waals surface area contributed by atoms with Crippen LogP contribution in [0.3, 0.4) is 0 Å². The molecule has 0 aliphatic heterocycles. The second-order valence-corrected chi connectivity index (χ2v) is 5.77. The predicted molar refractivity (Wildman–Crippen MR) is 113 cm³/mol. The molecule has 2 aromatic carbocycles. The number of methoxy groups -OCH3 is 1. The first-order chi connectivity index (χ1) is 11.1. The molecular weight excluding hydrogens is 413 g/mol. The number of rotatable bonds is 6. The maximum Gasteiger partial charge on any atom is 0.193 e. The number of nitrogens with two attached hydrogens (primary N) is 1. The van der Waals surface area contributed by atoms with Crippen molar-refractivity contribution in [1.82, 2.24) is 0 Å². The highest BCUT2D eigenvalue weighted by Gasteiger charge is 2.01. The number of anilines is 1. The Hall–Kier alpha value is -1.76. The number of nitrogens with one attached hydrogen (secondary N) is 1. The summed E-state index contributed by atoms with van der Waals surface area (Å²) < 4.78 is 5.15. The molecule has 0 saturated heterocycles. The van der Waals surface area contributed by atoms with Crippen LogP contribution < -0.4 is 15.8 Å². The maximum absolute atomic E-state index is 5.96. The van der Waals surface area contributed by atoms with E-state index in [1.54, 1.807) is 7.11 Å². The summed E-state index contributed by atoms with van der Waals surface area (Å²) in [7, 11) is 1.67. The van der Waals surface area contributed by atoms with Gasteiger partial charge in [0, 0.05) is 12.2 Å². The molecule has 0 radical (unpaired) electrons. The van der Waals surface area contributed by atoms with Gasteiger partial charge in [0.2, 0.25) is 0 Å². The van der Waals surface area contributed by atoms with E-state index in [0.29, 0.717) is 18.4 Å². The largest absolute Gasteiger partial charge is 0.497 e. The number of aliphatic imine (C=N–C) groups is 1. The summed E-state index contributed by atoms with van der Waals surface area (Å²) in [5, 5.41) is 3.15. The van der Waals surface area contributed by atoms with Gasteiger partial charge in [-0.1, -0.05) is 38.1 Å². The molecule has 0 aromatic heterocycles. The number of halogens is 1. The Balaban J connectivity index is 0.00000288.